The fourth-order valence-electron chi connectivity index (χ4n) is 1.64. The van der Waals surface area contributed by atoms with Crippen molar-refractivity contribution in [1.29, 1.82) is 0 Å². The number of benzene rings is 1. The van der Waals surface area contributed by atoms with Crippen LogP contribution in [0.25, 0.3) is 11.3 Å². The van der Waals surface area contributed by atoms with Gasteiger partial charge in [-0.2, -0.15) is 0 Å². The second kappa shape index (κ2) is 4.94. The van der Waals surface area contributed by atoms with E-state index < -0.39 is 15.8 Å². The lowest BCUT2D eigenvalue weighted by Crippen LogP contribution is -2.13. The Labute approximate surface area is 109 Å². The largest absolute Gasteiger partial charge is 0.495 e. The molecule has 0 aliphatic carbocycles. The number of methoxy groups -OCH3 is 1. The molecule has 0 amide bonds. The van der Waals surface area contributed by atoms with E-state index in [0.29, 0.717) is 5.56 Å². The van der Waals surface area contributed by atoms with Crippen LogP contribution in [0.2, 0.25) is 0 Å². The molecular weight excluding hydrogens is 271 g/mol. The van der Waals surface area contributed by atoms with Crippen LogP contribution < -0.4 is 9.88 Å². The lowest BCUT2D eigenvalue weighted by Gasteiger charge is -2.09. The standard InChI is InChI=1S/C12H11FN2O3S/c1-18-10-5-4-8(7-11(10)19(14,16)17)12-9(13)3-2-6-15-12/h2-7H,1H3,(H2,14,16,17). The molecule has 5 nitrogen and oxygen atoms in total. The molecule has 0 spiro atoms. The highest BCUT2D eigenvalue weighted by atomic mass is 32.2. The van der Waals surface area contributed by atoms with Crippen molar-refractivity contribution in [2.45, 2.75) is 4.90 Å². The van der Waals surface area contributed by atoms with E-state index in [1.54, 1.807) is 0 Å². The first-order valence-corrected chi connectivity index (χ1v) is 6.80. The maximum atomic E-state index is 13.6. The van der Waals surface area contributed by atoms with Crippen LogP contribution in [-0.4, -0.2) is 20.5 Å². The van der Waals surface area contributed by atoms with Crippen molar-refractivity contribution in [3.63, 3.8) is 0 Å². The Morgan fingerprint density at radius 3 is 2.63 bits per heavy atom. The summed E-state index contributed by atoms with van der Waals surface area (Å²) in [5, 5.41) is 5.10. The van der Waals surface area contributed by atoms with Crippen LogP contribution >= 0.6 is 0 Å². The molecule has 100 valence electrons. The summed E-state index contributed by atoms with van der Waals surface area (Å²) in [7, 11) is -2.64. The van der Waals surface area contributed by atoms with Gasteiger partial charge in [-0.3, -0.25) is 4.98 Å². The lowest BCUT2D eigenvalue weighted by molar-refractivity contribution is 0.403. The number of ether oxygens (including phenoxy) is 1. The predicted octanol–water partition coefficient (Wildman–Crippen LogP) is 1.54. The van der Waals surface area contributed by atoms with Crippen molar-refractivity contribution in [3.8, 4) is 17.0 Å². The van der Waals surface area contributed by atoms with Crippen LogP contribution in [0, 0.1) is 5.82 Å². The van der Waals surface area contributed by atoms with E-state index in [-0.39, 0.29) is 16.3 Å². The molecule has 7 heteroatoms. The molecule has 0 fully saturated rings. The van der Waals surface area contributed by atoms with Crippen LogP contribution in [-0.2, 0) is 10.0 Å². The summed E-state index contributed by atoms with van der Waals surface area (Å²) in [4.78, 5) is 3.67. The molecule has 2 rings (SSSR count). The van der Waals surface area contributed by atoms with Crippen LogP contribution in [0.3, 0.4) is 0 Å². The topological polar surface area (TPSA) is 82.3 Å². The molecule has 0 bridgehead atoms. The average Bonchev–Trinajstić information content (AvgIpc) is 2.37. The number of hydrogen-bond donors (Lipinski definition) is 1. The van der Waals surface area contributed by atoms with Gasteiger partial charge in [0, 0.05) is 11.8 Å². The van der Waals surface area contributed by atoms with Gasteiger partial charge in [0.2, 0.25) is 10.0 Å². The highest BCUT2D eigenvalue weighted by Crippen LogP contribution is 2.29. The number of hydrogen-bond acceptors (Lipinski definition) is 4. The summed E-state index contributed by atoms with van der Waals surface area (Å²) < 4.78 is 41.5. The maximum absolute atomic E-state index is 13.6. The summed E-state index contributed by atoms with van der Waals surface area (Å²) in [5.74, 6) is -0.448. The fraction of sp³-hybridized carbons (Fsp3) is 0.0833. The minimum Gasteiger partial charge on any atom is -0.495 e. The van der Waals surface area contributed by atoms with Gasteiger partial charge in [0.1, 0.15) is 22.2 Å². The molecule has 2 aromatic rings. The van der Waals surface area contributed by atoms with Crippen molar-refractivity contribution in [2.24, 2.45) is 5.14 Å². The molecule has 0 saturated carbocycles. The lowest BCUT2D eigenvalue weighted by atomic mass is 10.1. The molecule has 0 unspecified atom stereocenters. The smallest absolute Gasteiger partial charge is 0.241 e. The average molecular weight is 282 g/mol. The number of aromatic nitrogens is 1. The van der Waals surface area contributed by atoms with E-state index in [2.05, 4.69) is 4.98 Å². The predicted molar refractivity (Wildman–Crippen MR) is 67.6 cm³/mol. The van der Waals surface area contributed by atoms with E-state index in [1.807, 2.05) is 0 Å². The zero-order chi connectivity index (χ0) is 14.0. The first-order valence-electron chi connectivity index (χ1n) is 5.25. The molecule has 1 aromatic heterocycles. The van der Waals surface area contributed by atoms with Gasteiger partial charge in [0.05, 0.1) is 7.11 Å². The normalized spacial score (nSPS) is 11.3. The van der Waals surface area contributed by atoms with Gasteiger partial charge in [-0.25, -0.2) is 17.9 Å². The second-order valence-corrected chi connectivity index (χ2v) is 5.27. The Morgan fingerprint density at radius 1 is 1.32 bits per heavy atom. The van der Waals surface area contributed by atoms with Gasteiger partial charge in [0.15, 0.2) is 0 Å². The van der Waals surface area contributed by atoms with E-state index in [4.69, 9.17) is 9.88 Å². The van der Waals surface area contributed by atoms with Crippen molar-refractivity contribution in [1.82, 2.24) is 4.98 Å². The minimum atomic E-state index is -3.96. The van der Waals surface area contributed by atoms with Crippen LogP contribution in [0.5, 0.6) is 5.75 Å². The number of rotatable bonds is 3. The second-order valence-electron chi connectivity index (χ2n) is 3.74. The van der Waals surface area contributed by atoms with Gasteiger partial charge in [0.25, 0.3) is 0 Å². The summed E-state index contributed by atoms with van der Waals surface area (Å²) in [6.07, 6.45) is 1.42. The summed E-state index contributed by atoms with van der Waals surface area (Å²) in [5.41, 5.74) is 0.359. The first-order chi connectivity index (χ1) is 8.93. The Morgan fingerprint density at radius 2 is 2.05 bits per heavy atom. The van der Waals surface area contributed by atoms with Crippen molar-refractivity contribution < 1.29 is 17.5 Å². The third kappa shape index (κ3) is 2.72. The number of nitrogens with zero attached hydrogens (tertiary/aromatic N) is 1. The molecule has 19 heavy (non-hydrogen) atoms. The van der Waals surface area contributed by atoms with Crippen LogP contribution in [0.1, 0.15) is 0 Å². The summed E-state index contributed by atoms with van der Waals surface area (Å²) >= 11 is 0. The summed E-state index contributed by atoms with van der Waals surface area (Å²) in [6, 6.07) is 6.84. The van der Waals surface area contributed by atoms with E-state index in [9.17, 15) is 12.8 Å². The van der Waals surface area contributed by atoms with Crippen molar-refractivity contribution in [2.75, 3.05) is 7.11 Å². The van der Waals surface area contributed by atoms with Gasteiger partial charge in [-0.1, -0.05) is 0 Å². The van der Waals surface area contributed by atoms with Crippen molar-refractivity contribution in [3.05, 3.63) is 42.3 Å². The molecule has 0 aliphatic rings. The first kappa shape index (κ1) is 13.4. The third-order valence-electron chi connectivity index (χ3n) is 2.50. The molecule has 0 radical (unpaired) electrons. The molecule has 0 aliphatic heterocycles. The van der Waals surface area contributed by atoms with Gasteiger partial charge >= 0.3 is 0 Å². The molecule has 2 N–H and O–H groups in total. The highest BCUT2D eigenvalue weighted by Gasteiger charge is 2.17. The van der Waals surface area contributed by atoms with Crippen LogP contribution in [0.4, 0.5) is 4.39 Å². The fourth-order valence-corrected chi connectivity index (χ4v) is 2.37. The number of sulfonamides is 1. The van der Waals surface area contributed by atoms with E-state index in [1.165, 1.54) is 43.6 Å². The van der Waals surface area contributed by atoms with E-state index >= 15 is 0 Å². The molecule has 0 atom stereocenters. The Balaban J connectivity index is 2.66. The van der Waals surface area contributed by atoms with E-state index in [0.717, 1.165) is 0 Å². The molecule has 1 heterocycles. The van der Waals surface area contributed by atoms with Gasteiger partial charge in [-0.15, -0.1) is 0 Å². The Hall–Kier alpha value is -1.99. The summed E-state index contributed by atoms with van der Waals surface area (Å²) in [6.45, 7) is 0. The zero-order valence-corrected chi connectivity index (χ0v) is 10.8. The Kier molecular flexibility index (Phi) is 3.50. The molecule has 1 aromatic carbocycles. The minimum absolute atomic E-state index is 0.0510. The third-order valence-corrected chi connectivity index (χ3v) is 3.43. The quantitative estimate of drug-likeness (QED) is 0.925. The zero-order valence-electron chi connectivity index (χ0n) is 10.00. The highest BCUT2D eigenvalue weighted by molar-refractivity contribution is 7.89. The number of halogens is 1. The number of primary sulfonamides is 1. The van der Waals surface area contributed by atoms with Crippen LogP contribution in [0.15, 0.2) is 41.4 Å². The monoisotopic (exact) mass is 282 g/mol. The van der Waals surface area contributed by atoms with Gasteiger partial charge in [-0.05, 0) is 30.3 Å². The number of pyridine rings is 1. The van der Waals surface area contributed by atoms with Gasteiger partial charge < -0.3 is 4.74 Å². The molecule has 0 saturated heterocycles. The van der Waals surface area contributed by atoms with Crippen molar-refractivity contribution >= 4 is 10.0 Å². The Bertz CT molecular complexity index is 717. The maximum Gasteiger partial charge on any atom is 0.241 e. The number of nitrogens with two attached hydrogens (primary N) is 1. The molecular formula is C12H11FN2O3S. The SMILES string of the molecule is COc1ccc(-c2ncccc2F)cc1S(N)(=O)=O.